The van der Waals surface area contributed by atoms with E-state index in [2.05, 4.69) is 0 Å². The molecule has 18 heavy (non-hydrogen) atoms. The first kappa shape index (κ1) is 13.1. The molecule has 0 saturated carbocycles. The number of phenolic OH excluding ortho intramolecular Hbond substituents is 1. The average molecular weight is 273 g/mol. The summed E-state index contributed by atoms with van der Waals surface area (Å²) in [5.74, 6) is -0.356. The van der Waals surface area contributed by atoms with Gasteiger partial charge in [0, 0.05) is 36.3 Å². The Bertz CT molecular complexity index is 480. The molecular weight excluding hydrogens is 260 g/mol. The first-order valence-electron chi connectivity index (χ1n) is 5.53. The number of nitrogens with zero attached hydrogens (tertiary/aromatic N) is 2. The molecular formula is C11H13ClN2O4. The van der Waals surface area contributed by atoms with Gasteiger partial charge in [0.2, 0.25) is 0 Å². The number of benzene rings is 1. The van der Waals surface area contributed by atoms with Crippen molar-refractivity contribution in [2.45, 2.75) is 19.1 Å². The van der Waals surface area contributed by atoms with Gasteiger partial charge in [-0.05, 0) is 12.5 Å². The maximum atomic E-state index is 10.7. The molecule has 1 aromatic carbocycles. The predicted octanol–water partition coefficient (Wildman–Crippen LogP) is 1.52. The predicted molar refractivity (Wildman–Crippen MR) is 65.7 cm³/mol. The van der Waals surface area contributed by atoms with Gasteiger partial charge < -0.3 is 10.2 Å². The van der Waals surface area contributed by atoms with Crippen molar-refractivity contribution in [3.8, 4) is 5.75 Å². The molecule has 6 nitrogen and oxygen atoms in total. The van der Waals surface area contributed by atoms with E-state index in [4.69, 9.17) is 11.6 Å². The monoisotopic (exact) mass is 272 g/mol. The topological polar surface area (TPSA) is 86.8 Å². The standard InChI is InChI=1S/C11H13ClN2O4/c12-8-3-7(5-13-2-1-9(15)6-13)11(16)10(4-8)14(17)18/h3-4,9,15-16H,1-2,5-6H2/t9-/m0/s1. The Labute approximate surface area is 109 Å². The summed E-state index contributed by atoms with van der Waals surface area (Å²) >= 11 is 5.80. The largest absolute Gasteiger partial charge is 0.502 e. The molecule has 0 unspecified atom stereocenters. The van der Waals surface area contributed by atoms with Crippen LogP contribution in [0.25, 0.3) is 0 Å². The maximum absolute atomic E-state index is 10.7. The Balaban J connectivity index is 2.24. The number of aromatic hydroxyl groups is 1. The minimum Gasteiger partial charge on any atom is -0.502 e. The van der Waals surface area contributed by atoms with Gasteiger partial charge >= 0.3 is 5.69 Å². The van der Waals surface area contributed by atoms with Crippen molar-refractivity contribution in [1.82, 2.24) is 4.90 Å². The Hall–Kier alpha value is -1.37. The smallest absolute Gasteiger partial charge is 0.312 e. The summed E-state index contributed by atoms with van der Waals surface area (Å²) in [6.45, 7) is 1.53. The normalized spacial score (nSPS) is 20.2. The average Bonchev–Trinajstić information content (AvgIpc) is 2.68. The van der Waals surface area contributed by atoms with Gasteiger partial charge in [0.15, 0.2) is 5.75 Å². The Morgan fingerprint density at radius 1 is 1.56 bits per heavy atom. The molecule has 98 valence electrons. The molecule has 0 aliphatic carbocycles. The second-order valence-corrected chi connectivity index (χ2v) is 4.80. The van der Waals surface area contributed by atoms with Crippen molar-refractivity contribution in [2.24, 2.45) is 0 Å². The van der Waals surface area contributed by atoms with E-state index in [1.807, 2.05) is 4.90 Å². The van der Waals surface area contributed by atoms with Crippen LogP contribution in [0.1, 0.15) is 12.0 Å². The van der Waals surface area contributed by atoms with Crippen LogP contribution in [-0.4, -0.2) is 39.2 Å². The van der Waals surface area contributed by atoms with Gasteiger partial charge in [-0.25, -0.2) is 0 Å². The van der Waals surface area contributed by atoms with Gasteiger partial charge in [0.25, 0.3) is 0 Å². The fourth-order valence-corrected chi connectivity index (χ4v) is 2.33. The van der Waals surface area contributed by atoms with E-state index in [1.165, 1.54) is 6.07 Å². The summed E-state index contributed by atoms with van der Waals surface area (Å²) in [6.07, 6.45) is 0.296. The number of nitro groups is 1. The second kappa shape index (κ2) is 5.09. The highest BCUT2D eigenvalue weighted by Crippen LogP contribution is 2.34. The van der Waals surface area contributed by atoms with E-state index < -0.39 is 10.6 Å². The molecule has 1 aliphatic heterocycles. The zero-order valence-corrected chi connectivity index (χ0v) is 10.3. The number of aliphatic hydroxyl groups excluding tert-OH is 1. The van der Waals surface area contributed by atoms with Crippen LogP contribution in [0.5, 0.6) is 5.75 Å². The van der Waals surface area contributed by atoms with Crippen LogP contribution >= 0.6 is 11.6 Å². The summed E-state index contributed by atoms with van der Waals surface area (Å²) in [4.78, 5) is 12.0. The quantitative estimate of drug-likeness (QED) is 0.643. The summed E-state index contributed by atoms with van der Waals surface area (Å²) < 4.78 is 0. The van der Waals surface area contributed by atoms with E-state index in [0.717, 1.165) is 6.07 Å². The number of β-amino-alcohol motifs (C(OH)–C–C–N with tert-alkyl or cyclic N) is 1. The van der Waals surface area contributed by atoms with Gasteiger partial charge in [-0.15, -0.1) is 0 Å². The van der Waals surface area contributed by atoms with Gasteiger partial charge in [-0.2, -0.15) is 0 Å². The van der Waals surface area contributed by atoms with Crippen LogP contribution in [0.4, 0.5) is 5.69 Å². The summed E-state index contributed by atoms with van der Waals surface area (Å²) in [5.41, 5.74) is 0.0144. The molecule has 0 amide bonds. The fraction of sp³-hybridized carbons (Fsp3) is 0.455. The number of hydrogen-bond acceptors (Lipinski definition) is 5. The summed E-state index contributed by atoms with van der Waals surface area (Å²) in [5, 5.41) is 30.2. The van der Waals surface area contributed by atoms with Crippen LogP contribution in [0.3, 0.4) is 0 Å². The lowest BCUT2D eigenvalue weighted by atomic mass is 10.1. The molecule has 0 spiro atoms. The van der Waals surface area contributed by atoms with Crippen LogP contribution in [-0.2, 0) is 6.54 Å². The number of phenols is 1. The van der Waals surface area contributed by atoms with E-state index >= 15 is 0 Å². The van der Waals surface area contributed by atoms with Crippen molar-refractivity contribution >= 4 is 17.3 Å². The highest BCUT2D eigenvalue weighted by molar-refractivity contribution is 6.31. The molecule has 2 rings (SSSR count). The van der Waals surface area contributed by atoms with Crippen LogP contribution < -0.4 is 0 Å². The molecule has 2 N–H and O–H groups in total. The second-order valence-electron chi connectivity index (χ2n) is 4.37. The number of rotatable bonds is 3. The first-order valence-corrected chi connectivity index (χ1v) is 5.91. The van der Waals surface area contributed by atoms with Crippen LogP contribution in [0.2, 0.25) is 5.02 Å². The van der Waals surface area contributed by atoms with E-state index in [9.17, 15) is 20.3 Å². The Morgan fingerprint density at radius 3 is 2.83 bits per heavy atom. The first-order chi connectivity index (χ1) is 8.47. The molecule has 1 aliphatic rings. The lowest BCUT2D eigenvalue weighted by Crippen LogP contribution is -2.21. The van der Waals surface area contributed by atoms with Gasteiger partial charge in [-0.3, -0.25) is 15.0 Å². The minimum atomic E-state index is -0.663. The van der Waals surface area contributed by atoms with E-state index in [0.29, 0.717) is 31.6 Å². The van der Waals surface area contributed by atoms with Gasteiger partial charge in [-0.1, -0.05) is 11.6 Å². The zero-order valence-electron chi connectivity index (χ0n) is 9.54. The molecule has 0 aromatic heterocycles. The summed E-state index contributed by atoms with van der Waals surface area (Å²) in [7, 11) is 0. The van der Waals surface area contributed by atoms with E-state index in [1.54, 1.807) is 0 Å². The highest BCUT2D eigenvalue weighted by atomic mass is 35.5. The molecule has 1 atom stereocenters. The molecule has 1 fully saturated rings. The number of likely N-dealkylation sites (tertiary alicyclic amines) is 1. The van der Waals surface area contributed by atoms with E-state index in [-0.39, 0.29) is 16.9 Å². The SMILES string of the molecule is O=[N+]([O-])c1cc(Cl)cc(CN2CC[C@H](O)C2)c1O. The molecule has 1 saturated heterocycles. The minimum absolute atomic E-state index is 0.217. The third-order valence-electron chi connectivity index (χ3n) is 2.97. The van der Waals surface area contributed by atoms with Crippen molar-refractivity contribution < 1.29 is 15.1 Å². The molecule has 7 heteroatoms. The van der Waals surface area contributed by atoms with Crippen molar-refractivity contribution in [1.29, 1.82) is 0 Å². The Morgan fingerprint density at radius 2 is 2.28 bits per heavy atom. The lowest BCUT2D eigenvalue weighted by Gasteiger charge is -2.15. The molecule has 0 bridgehead atoms. The van der Waals surface area contributed by atoms with Crippen molar-refractivity contribution in [3.05, 3.63) is 32.8 Å². The highest BCUT2D eigenvalue weighted by Gasteiger charge is 2.24. The molecule has 0 radical (unpaired) electrons. The third kappa shape index (κ3) is 2.72. The summed E-state index contributed by atoms with van der Waals surface area (Å²) in [6, 6.07) is 2.63. The number of halogens is 1. The van der Waals surface area contributed by atoms with Gasteiger partial charge in [0.1, 0.15) is 0 Å². The molecule has 1 heterocycles. The zero-order chi connectivity index (χ0) is 13.3. The van der Waals surface area contributed by atoms with Crippen molar-refractivity contribution in [3.63, 3.8) is 0 Å². The van der Waals surface area contributed by atoms with Crippen LogP contribution in [0.15, 0.2) is 12.1 Å². The fourth-order valence-electron chi connectivity index (χ4n) is 2.10. The lowest BCUT2D eigenvalue weighted by molar-refractivity contribution is -0.385. The third-order valence-corrected chi connectivity index (χ3v) is 3.19. The number of hydrogen-bond donors (Lipinski definition) is 2. The number of nitro benzene ring substituents is 1. The molecule has 1 aromatic rings. The number of aliphatic hydroxyl groups is 1. The Kier molecular flexibility index (Phi) is 3.70. The van der Waals surface area contributed by atoms with Gasteiger partial charge in [0.05, 0.1) is 11.0 Å². The van der Waals surface area contributed by atoms with Crippen LogP contribution in [0, 0.1) is 10.1 Å². The maximum Gasteiger partial charge on any atom is 0.312 e. The van der Waals surface area contributed by atoms with Crippen molar-refractivity contribution in [2.75, 3.05) is 13.1 Å².